The number of rotatable bonds is 5. The van der Waals surface area contributed by atoms with Crippen LogP contribution in [0.1, 0.15) is 21.7 Å². The maximum atomic E-state index is 11.8. The molecule has 0 aliphatic heterocycles. The van der Waals surface area contributed by atoms with Crippen LogP contribution in [-0.2, 0) is 4.79 Å². The van der Waals surface area contributed by atoms with Gasteiger partial charge in [-0.2, -0.15) is 0 Å². The molecule has 2 rings (SSSR count). The smallest absolute Gasteiger partial charge is 0.273 e. The van der Waals surface area contributed by atoms with E-state index < -0.39 is 11.8 Å². The Morgan fingerprint density at radius 2 is 1.92 bits per heavy atom. The first-order valence-electron chi connectivity index (χ1n) is 7.10. The highest BCUT2D eigenvalue weighted by atomic mass is 16.5. The van der Waals surface area contributed by atoms with Crippen LogP contribution in [0.15, 0.2) is 41.0 Å². The maximum absolute atomic E-state index is 11.8. The van der Waals surface area contributed by atoms with E-state index in [1.165, 1.54) is 32.6 Å². The zero-order valence-corrected chi connectivity index (χ0v) is 13.6. The molecule has 1 aromatic heterocycles. The van der Waals surface area contributed by atoms with Gasteiger partial charge < -0.3 is 13.9 Å². The van der Waals surface area contributed by atoms with Crippen LogP contribution >= 0.6 is 0 Å². The molecule has 0 unspecified atom stereocenters. The van der Waals surface area contributed by atoms with Gasteiger partial charge in [0, 0.05) is 11.6 Å². The molecule has 0 bridgehead atoms. The van der Waals surface area contributed by atoms with Gasteiger partial charge in [0.25, 0.3) is 11.8 Å². The number of hydrogen-bond donors (Lipinski definition) is 2. The van der Waals surface area contributed by atoms with E-state index in [2.05, 4.69) is 10.9 Å². The van der Waals surface area contributed by atoms with Crippen molar-refractivity contribution in [1.29, 1.82) is 0 Å². The van der Waals surface area contributed by atoms with Crippen LogP contribution in [-0.4, -0.2) is 26.0 Å². The fraction of sp³-hybridized carbons (Fsp3) is 0.176. The molecule has 2 amide bonds. The summed E-state index contributed by atoms with van der Waals surface area (Å²) < 4.78 is 15.5. The van der Waals surface area contributed by atoms with E-state index in [-0.39, 0.29) is 0 Å². The first kappa shape index (κ1) is 17.1. The molecular formula is C17H18N2O5. The Hall–Kier alpha value is -3.22. The largest absolute Gasteiger partial charge is 0.493 e. The second kappa shape index (κ2) is 7.87. The lowest BCUT2D eigenvalue weighted by Crippen LogP contribution is -2.40. The molecule has 24 heavy (non-hydrogen) atoms. The predicted molar refractivity (Wildman–Crippen MR) is 87.6 cm³/mol. The van der Waals surface area contributed by atoms with Gasteiger partial charge in [0.1, 0.15) is 5.76 Å². The number of furan rings is 1. The number of methoxy groups -OCH3 is 2. The first-order chi connectivity index (χ1) is 11.6. The molecule has 2 aromatic rings. The minimum Gasteiger partial charge on any atom is -0.493 e. The van der Waals surface area contributed by atoms with Crippen molar-refractivity contribution in [3.05, 3.63) is 53.5 Å². The fourth-order valence-corrected chi connectivity index (χ4v) is 2.06. The number of para-hydroxylation sites is 1. The van der Waals surface area contributed by atoms with E-state index in [1.54, 1.807) is 31.2 Å². The number of nitrogens with one attached hydrogen (secondary N) is 2. The second-order valence-corrected chi connectivity index (χ2v) is 4.75. The van der Waals surface area contributed by atoms with Gasteiger partial charge in [0.2, 0.25) is 0 Å². The summed E-state index contributed by atoms with van der Waals surface area (Å²) in [5.41, 5.74) is 5.63. The Balaban J connectivity index is 1.99. The number of carbonyl (C=O) groups is 2. The number of hydrogen-bond acceptors (Lipinski definition) is 5. The zero-order chi connectivity index (χ0) is 17.5. The van der Waals surface area contributed by atoms with Gasteiger partial charge in [0.15, 0.2) is 11.5 Å². The van der Waals surface area contributed by atoms with Crippen molar-refractivity contribution in [2.75, 3.05) is 14.2 Å². The molecule has 1 heterocycles. The highest BCUT2D eigenvalue weighted by molar-refractivity contribution is 5.98. The van der Waals surface area contributed by atoms with Crippen molar-refractivity contribution in [2.45, 2.75) is 6.92 Å². The fourth-order valence-electron chi connectivity index (χ4n) is 2.06. The van der Waals surface area contributed by atoms with Crippen molar-refractivity contribution in [2.24, 2.45) is 0 Å². The average molecular weight is 330 g/mol. The minimum absolute atomic E-state index is 0.355. The van der Waals surface area contributed by atoms with Crippen LogP contribution in [0, 0.1) is 6.92 Å². The number of aryl methyl sites for hydroxylation is 1. The predicted octanol–water partition coefficient (Wildman–Crippen LogP) is 2.08. The van der Waals surface area contributed by atoms with Crippen LogP contribution in [0.3, 0.4) is 0 Å². The van der Waals surface area contributed by atoms with Crippen LogP contribution in [0.5, 0.6) is 11.5 Å². The summed E-state index contributed by atoms with van der Waals surface area (Å²) in [6.07, 6.45) is 4.24. The van der Waals surface area contributed by atoms with E-state index in [1.807, 2.05) is 0 Å². The van der Waals surface area contributed by atoms with Crippen molar-refractivity contribution >= 4 is 17.9 Å². The van der Waals surface area contributed by atoms with Crippen molar-refractivity contribution in [3.8, 4) is 11.5 Å². The standard InChI is InChI=1S/C17H18N2O5/c1-11-13(9-10-24-11)17(21)19-18-15(20)8-7-12-5-4-6-14(22-2)16(12)23-3/h4-10H,1-3H3,(H,18,20)(H,19,21)/b8-7+. The van der Waals surface area contributed by atoms with Crippen LogP contribution in [0.2, 0.25) is 0 Å². The first-order valence-corrected chi connectivity index (χ1v) is 7.10. The second-order valence-electron chi connectivity index (χ2n) is 4.75. The molecular weight excluding hydrogens is 312 g/mol. The summed E-state index contributed by atoms with van der Waals surface area (Å²) in [7, 11) is 3.05. The van der Waals surface area contributed by atoms with Gasteiger partial charge in [-0.3, -0.25) is 20.4 Å². The van der Waals surface area contributed by atoms with Gasteiger partial charge in [-0.25, -0.2) is 0 Å². The summed E-state index contributed by atoms with van der Waals surface area (Å²) in [5.74, 6) is 0.598. The van der Waals surface area contributed by atoms with E-state index in [9.17, 15) is 9.59 Å². The lowest BCUT2D eigenvalue weighted by molar-refractivity contribution is -0.117. The van der Waals surface area contributed by atoms with Gasteiger partial charge >= 0.3 is 0 Å². The Bertz CT molecular complexity index is 764. The van der Waals surface area contributed by atoms with Crippen molar-refractivity contribution in [1.82, 2.24) is 10.9 Å². The molecule has 0 saturated carbocycles. The zero-order valence-electron chi connectivity index (χ0n) is 13.6. The van der Waals surface area contributed by atoms with Crippen molar-refractivity contribution < 1.29 is 23.5 Å². The molecule has 0 radical (unpaired) electrons. The van der Waals surface area contributed by atoms with Gasteiger partial charge in [0.05, 0.1) is 26.0 Å². The molecule has 0 saturated heterocycles. The van der Waals surface area contributed by atoms with E-state index in [4.69, 9.17) is 13.9 Å². The third-order valence-electron chi connectivity index (χ3n) is 3.25. The van der Waals surface area contributed by atoms with E-state index >= 15 is 0 Å². The lowest BCUT2D eigenvalue weighted by Gasteiger charge is -2.09. The van der Waals surface area contributed by atoms with Crippen molar-refractivity contribution in [3.63, 3.8) is 0 Å². The average Bonchev–Trinajstić information content (AvgIpc) is 3.03. The summed E-state index contributed by atoms with van der Waals surface area (Å²) in [5, 5.41) is 0. The van der Waals surface area contributed by atoms with Crippen LogP contribution in [0.4, 0.5) is 0 Å². The number of carbonyl (C=O) groups excluding carboxylic acids is 2. The highest BCUT2D eigenvalue weighted by Gasteiger charge is 2.11. The molecule has 0 atom stereocenters. The Morgan fingerprint density at radius 1 is 1.12 bits per heavy atom. The van der Waals surface area contributed by atoms with Gasteiger partial charge in [-0.1, -0.05) is 12.1 Å². The van der Waals surface area contributed by atoms with Crippen LogP contribution < -0.4 is 20.3 Å². The molecule has 7 heteroatoms. The monoisotopic (exact) mass is 330 g/mol. The quantitative estimate of drug-likeness (QED) is 0.647. The maximum Gasteiger partial charge on any atom is 0.273 e. The molecule has 0 aliphatic rings. The Labute approximate surface area is 139 Å². The lowest BCUT2D eigenvalue weighted by atomic mass is 10.1. The molecule has 2 N–H and O–H groups in total. The third kappa shape index (κ3) is 3.95. The van der Waals surface area contributed by atoms with E-state index in [0.717, 1.165) is 0 Å². The summed E-state index contributed by atoms with van der Waals surface area (Å²) >= 11 is 0. The SMILES string of the molecule is COc1cccc(/C=C/C(=O)NNC(=O)c2ccoc2C)c1OC. The molecule has 0 spiro atoms. The topological polar surface area (TPSA) is 89.8 Å². The summed E-state index contributed by atoms with van der Waals surface area (Å²) in [4.78, 5) is 23.7. The number of amides is 2. The summed E-state index contributed by atoms with van der Waals surface area (Å²) in [6, 6.07) is 6.83. The number of benzene rings is 1. The Morgan fingerprint density at radius 3 is 2.54 bits per heavy atom. The molecule has 7 nitrogen and oxygen atoms in total. The molecule has 0 fully saturated rings. The van der Waals surface area contributed by atoms with Gasteiger partial charge in [-0.15, -0.1) is 0 Å². The normalized spacial score (nSPS) is 10.5. The summed E-state index contributed by atoms with van der Waals surface area (Å²) in [6.45, 7) is 1.66. The number of ether oxygens (including phenoxy) is 2. The van der Waals surface area contributed by atoms with E-state index in [0.29, 0.717) is 28.4 Å². The minimum atomic E-state index is -0.491. The third-order valence-corrected chi connectivity index (χ3v) is 3.25. The Kier molecular flexibility index (Phi) is 5.62. The highest BCUT2D eigenvalue weighted by Crippen LogP contribution is 2.31. The van der Waals surface area contributed by atoms with Crippen LogP contribution in [0.25, 0.3) is 6.08 Å². The molecule has 126 valence electrons. The number of hydrazine groups is 1. The molecule has 0 aliphatic carbocycles. The molecule has 1 aromatic carbocycles. The van der Waals surface area contributed by atoms with Gasteiger partial charge in [-0.05, 0) is 25.1 Å².